The van der Waals surface area contributed by atoms with Crippen LogP contribution >= 0.6 is 0 Å². The van der Waals surface area contributed by atoms with Crippen LogP contribution in [-0.2, 0) is 0 Å². The van der Waals surface area contributed by atoms with E-state index >= 15 is 0 Å². The van der Waals surface area contributed by atoms with Gasteiger partial charge in [-0.05, 0) is 25.0 Å². The average Bonchev–Trinajstić information content (AvgIpc) is 2.40. The van der Waals surface area contributed by atoms with Crippen molar-refractivity contribution in [2.24, 2.45) is 11.5 Å². The van der Waals surface area contributed by atoms with E-state index in [4.69, 9.17) is 11.5 Å². The van der Waals surface area contributed by atoms with E-state index in [1.165, 1.54) is 25.5 Å². The van der Waals surface area contributed by atoms with Gasteiger partial charge in [-0.15, -0.1) is 0 Å². The molecular weight excluding hydrogens is 228 g/mol. The molecule has 5 nitrogen and oxygen atoms in total. The Morgan fingerprint density at radius 2 is 2.06 bits per heavy atom. The van der Waals surface area contributed by atoms with Gasteiger partial charge in [0, 0.05) is 12.7 Å². The van der Waals surface area contributed by atoms with E-state index in [9.17, 15) is 4.79 Å². The molecule has 0 aromatic carbocycles. The molecule has 0 unspecified atom stereocenters. The maximum atomic E-state index is 11.0. The van der Waals surface area contributed by atoms with Gasteiger partial charge < -0.3 is 16.8 Å². The van der Waals surface area contributed by atoms with Crippen LogP contribution in [0.3, 0.4) is 0 Å². The lowest BCUT2D eigenvalue weighted by atomic mass is 9.81. The zero-order valence-corrected chi connectivity index (χ0v) is 10.5. The molecule has 0 spiro atoms. The predicted molar refractivity (Wildman–Crippen MR) is 71.2 cm³/mol. The second-order valence-electron chi connectivity index (χ2n) is 4.97. The van der Waals surface area contributed by atoms with E-state index in [1.807, 2.05) is 0 Å². The van der Waals surface area contributed by atoms with Crippen LogP contribution in [0, 0.1) is 0 Å². The zero-order valence-electron chi connectivity index (χ0n) is 10.5. The minimum Gasteiger partial charge on any atom is -0.366 e. The summed E-state index contributed by atoms with van der Waals surface area (Å²) in [4.78, 5) is 15.2. The minimum atomic E-state index is -0.458. The largest absolute Gasteiger partial charge is 0.366 e. The number of hydrogen-bond acceptors (Lipinski definition) is 4. The molecule has 0 bridgehead atoms. The molecule has 1 aliphatic rings. The first-order chi connectivity index (χ1) is 8.65. The Balaban J connectivity index is 2.09. The van der Waals surface area contributed by atoms with Crippen LogP contribution in [0.5, 0.6) is 0 Å². The monoisotopic (exact) mass is 248 g/mol. The van der Waals surface area contributed by atoms with Gasteiger partial charge in [0.25, 0.3) is 0 Å². The van der Waals surface area contributed by atoms with Crippen LogP contribution in [0.4, 0.5) is 5.82 Å². The zero-order chi connectivity index (χ0) is 13.0. The molecule has 1 amide bonds. The topological polar surface area (TPSA) is 94.0 Å². The van der Waals surface area contributed by atoms with E-state index < -0.39 is 5.91 Å². The summed E-state index contributed by atoms with van der Waals surface area (Å²) in [7, 11) is 0. The van der Waals surface area contributed by atoms with E-state index in [1.54, 1.807) is 12.1 Å². The molecule has 18 heavy (non-hydrogen) atoms. The summed E-state index contributed by atoms with van der Waals surface area (Å²) in [6.45, 7) is 0.603. The lowest BCUT2D eigenvalue weighted by molar-refractivity contribution is 0.1000. The number of carbonyl (C=O) groups is 1. The lowest BCUT2D eigenvalue weighted by Crippen LogP contribution is -2.47. The van der Waals surface area contributed by atoms with E-state index in [-0.39, 0.29) is 5.54 Å². The number of amides is 1. The maximum Gasteiger partial charge on any atom is 0.250 e. The molecular formula is C13H20N4O. The Kier molecular flexibility index (Phi) is 3.81. The Hall–Kier alpha value is -1.62. The van der Waals surface area contributed by atoms with Crippen LogP contribution in [0.15, 0.2) is 18.3 Å². The number of rotatable bonds is 4. The van der Waals surface area contributed by atoms with Crippen LogP contribution in [0.2, 0.25) is 0 Å². The van der Waals surface area contributed by atoms with Crippen molar-refractivity contribution in [1.29, 1.82) is 0 Å². The lowest BCUT2D eigenvalue weighted by Gasteiger charge is -2.37. The maximum absolute atomic E-state index is 11.0. The summed E-state index contributed by atoms with van der Waals surface area (Å²) in [5.74, 6) is 0.299. The van der Waals surface area contributed by atoms with Gasteiger partial charge in [-0.1, -0.05) is 19.3 Å². The Labute approximate surface area is 107 Å². The summed E-state index contributed by atoms with van der Waals surface area (Å²) in [6, 6.07) is 3.47. The first kappa shape index (κ1) is 12.8. The molecule has 2 rings (SSSR count). The molecule has 1 heterocycles. The van der Waals surface area contributed by atoms with Crippen molar-refractivity contribution in [1.82, 2.24) is 4.98 Å². The molecule has 1 aromatic heterocycles. The number of carbonyl (C=O) groups excluding carboxylic acids is 1. The predicted octanol–water partition coefficient (Wildman–Crippen LogP) is 1.25. The van der Waals surface area contributed by atoms with Crippen molar-refractivity contribution in [2.45, 2.75) is 37.6 Å². The van der Waals surface area contributed by atoms with Crippen LogP contribution in [0.1, 0.15) is 42.5 Å². The van der Waals surface area contributed by atoms with Gasteiger partial charge in [0.15, 0.2) is 0 Å². The van der Waals surface area contributed by atoms with Gasteiger partial charge in [-0.2, -0.15) is 0 Å². The van der Waals surface area contributed by atoms with Crippen molar-refractivity contribution >= 4 is 11.7 Å². The highest BCUT2D eigenvalue weighted by Gasteiger charge is 2.30. The number of primary amides is 1. The average molecular weight is 248 g/mol. The summed E-state index contributed by atoms with van der Waals surface area (Å²) >= 11 is 0. The number of aromatic nitrogens is 1. The van der Waals surface area contributed by atoms with Gasteiger partial charge >= 0.3 is 0 Å². The third-order valence-electron chi connectivity index (χ3n) is 3.64. The molecule has 0 atom stereocenters. The summed E-state index contributed by atoms with van der Waals surface area (Å²) in [5.41, 5.74) is 11.5. The Morgan fingerprint density at radius 1 is 1.33 bits per heavy atom. The molecule has 5 N–H and O–H groups in total. The van der Waals surface area contributed by atoms with Crippen LogP contribution in [-0.4, -0.2) is 23.0 Å². The number of hydrogen-bond donors (Lipinski definition) is 3. The number of pyridine rings is 1. The number of nitrogens with one attached hydrogen (secondary N) is 1. The molecule has 5 heteroatoms. The van der Waals surface area contributed by atoms with E-state index in [0.29, 0.717) is 12.1 Å². The Morgan fingerprint density at radius 3 is 2.56 bits per heavy atom. The number of anilines is 1. The van der Waals surface area contributed by atoms with Crippen molar-refractivity contribution in [3.8, 4) is 0 Å². The van der Waals surface area contributed by atoms with Crippen molar-refractivity contribution < 1.29 is 4.79 Å². The first-order valence-electron chi connectivity index (χ1n) is 6.39. The van der Waals surface area contributed by atoms with Gasteiger partial charge in [0.05, 0.1) is 11.1 Å². The third-order valence-corrected chi connectivity index (χ3v) is 3.64. The Bertz CT molecular complexity index is 410. The number of nitrogens with zero attached hydrogens (tertiary/aromatic N) is 1. The quantitative estimate of drug-likeness (QED) is 0.747. The molecule has 1 aliphatic carbocycles. The minimum absolute atomic E-state index is 0.0422. The molecule has 1 fully saturated rings. The van der Waals surface area contributed by atoms with Gasteiger partial charge in [0.1, 0.15) is 5.82 Å². The highest BCUT2D eigenvalue weighted by molar-refractivity contribution is 5.92. The van der Waals surface area contributed by atoms with E-state index in [2.05, 4.69) is 10.3 Å². The third kappa shape index (κ3) is 2.79. The normalized spacial score (nSPS) is 18.3. The van der Waals surface area contributed by atoms with E-state index in [0.717, 1.165) is 18.7 Å². The second-order valence-corrected chi connectivity index (χ2v) is 4.97. The van der Waals surface area contributed by atoms with Crippen molar-refractivity contribution in [2.75, 3.05) is 11.9 Å². The highest BCUT2D eigenvalue weighted by atomic mass is 16.1. The van der Waals surface area contributed by atoms with Gasteiger partial charge in [0.2, 0.25) is 5.91 Å². The van der Waals surface area contributed by atoms with Gasteiger partial charge in [-0.3, -0.25) is 4.79 Å². The first-order valence-corrected chi connectivity index (χ1v) is 6.39. The highest BCUT2D eigenvalue weighted by Crippen LogP contribution is 2.30. The molecule has 0 radical (unpaired) electrons. The van der Waals surface area contributed by atoms with Crippen LogP contribution in [0.25, 0.3) is 0 Å². The standard InChI is InChI=1S/C13H20N4O/c14-9-13(6-2-1-3-7-13)17-11-5-4-10(8-16-11)12(15)18/h4-5,8H,1-3,6-7,9,14H2,(H2,15,18)(H,16,17). The van der Waals surface area contributed by atoms with Crippen LogP contribution < -0.4 is 16.8 Å². The molecule has 1 saturated carbocycles. The van der Waals surface area contributed by atoms with Crippen molar-refractivity contribution in [3.63, 3.8) is 0 Å². The summed E-state index contributed by atoms with van der Waals surface area (Å²) in [5, 5.41) is 3.42. The molecule has 0 aliphatic heterocycles. The second kappa shape index (κ2) is 5.35. The summed E-state index contributed by atoms with van der Waals surface area (Å²) < 4.78 is 0. The van der Waals surface area contributed by atoms with Crippen molar-refractivity contribution in [3.05, 3.63) is 23.9 Å². The molecule has 1 aromatic rings. The molecule has 98 valence electrons. The fraction of sp³-hybridized carbons (Fsp3) is 0.538. The smallest absolute Gasteiger partial charge is 0.250 e. The number of nitrogens with two attached hydrogens (primary N) is 2. The molecule has 0 saturated heterocycles. The SMILES string of the molecule is NCC1(Nc2ccc(C(N)=O)cn2)CCCCC1. The summed E-state index contributed by atoms with van der Waals surface area (Å²) in [6.07, 6.45) is 7.31. The van der Waals surface area contributed by atoms with Gasteiger partial charge in [-0.25, -0.2) is 4.98 Å². The fourth-order valence-corrected chi connectivity index (χ4v) is 2.49. The fourth-order valence-electron chi connectivity index (χ4n) is 2.49.